The fourth-order valence-electron chi connectivity index (χ4n) is 1.98. The molecule has 0 amide bonds. The first-order valence-corrected chi connectivity index (χ1v) is 7.23. The molecule has 2 rings (SSSR count). The van der Waals surface area contributed by atoms with E-state index in [2.05, 4.69) is 40.3 Å². The van der Waals surface area contributed by atoms with Gasteiger partial charge in [-0.3, -0.25) is 0 Å². The van der Waals surface area contributed by atoms with Gasteiger partial charge in [0.2, 0.25) is 0 Å². The minimum atomic E-state index is 0.323. The summed E-state index contributed by atoms with van der Waals surface area (Å²) in [4.78, 5) is 0. The molecule has 2 N–H and O–H groups in total. The Kier molecular flexibility index (Phi) is 4.86. The Morgan fingerprint density at radius 2 is 1.89 bits per heavy atom. The molecule has 2 nitrogen and oxygen atoms in total. The highest BCUT2D eigenvalue weighted by atomic mass is 79.9. The average molecular weight is 320 g/mol. The maximum atomic E-state index is 9.24. The van der Waals surface area contributed by atoms with Gasteiger partial charge in [0.05, 0.1) is 0 Å². The van der Waals surface area contributed by atoms with E-state index in [-0.39, 0.29) is 0 Å². The molecule has 0 heterocycles. The Morgan fingerprint density at radius 3 is 2.58 bits per heavy atom. The van der Waals surface area contributed by atoms with Crippen molar-refractivity contribution in [1.82, 2.24) is 0 Å². The van der Waals surface area contributed by atoms with Crippen molar-refractivity contribution >= 4 is 21.6 Å². The van der Waals surface area contributed by atoms with Gasteiger partial charge in [-0.25, -0.2) is 0 Å². The first kappa shape index (κ1) is 13.9. The van der Waals surface area contributed by atoms with Crippen molar-refractivity contribution in [2.45, 2.75) is 25.8 Å². The van der Waals surface area contributed by atoms with Crippen molar-refractivity contribution < 1.29 is 5.11 Å². The Bertz CT molecular complexity index is 525. The van der Waals surface area contributed by atoms with Crippen LogP contribution in [0.15, 0.2) is 53.0 Å². The number of anilines is 1. The fraction of sp³-hybridized carbons (Fsp3) is 0.250. The summed E-state index contributed by atoms with van der Waals surface area (Å²) in [6, 6.07) is 16.0. The minimum absolute atomic E-state index is 0.323. The molecule has 0 radical (unpaired) electrons. The second kappa shape index (κ2) is 6.62. The van der Waals surface area contributed by atoms with Gasteiger partial charge < -0.3 is 10.4 Å². The normalized spacial score (nSPS) is 12.1. The zero-order valence-corrected chi connectivity index (χ0v) is 12.5. The number of phenols is 1. The van der Waals surface area contributed by atoms with E-state index in [1.54, 1.807) is 12.1 Å². The first-order valence-electron chi connectivity index (χ1n) is 6.43. The van der Waals surface area contributed by atoms with Crippen LogP contribution in [0.1, 0.15) is 18.9 Å². The quantitative estimate of drug-likeness (QED) is 0.844. The van der Waals surface area contributed by atoms with Crippen molar-refractivity contribution in [3.63, 3.8) is 0 Å². The third-order valence-electron chi connectivity index (χ3n) is 3.04. The summed E-state index contributed by atoms with van der Waals surface area (Å²) in [6.07, 6.45) is 2.06. The van der Waals surface area contributed by atoms with Crippen LogP contribution >= 0.6 is 15.9 Å². The van der Waals surface area contributed by atoms with Crippen molar-refractivity contribution in [2.75, 3.05) is 5.32 Å². The molecule has 0 aliphatic heterocycles. The van der Waals surface area contributed by atoms with Crippen LogP contribution < -0.4 is 5.32 Å². The summed E-state index contributed by atoms with van der Waals surface area (Å²) in [5, 5.41) is 12.7. The number of benzene rings is 2. The standard InChI is InChI=1S/C16H18BrNO/c1-12(18-15-4-2-3-14(17)11-15)5-6-13-7-9-16(19)10-8-13/h2-4,7-12,18-19H,5-6H2,1H3. The molecular weight excluding hydrogens is 302 g/mol. The van der Waals surface area contributed by atoms with Crippen LogP contribution in [0.25, 0.3) is 0 Å². The summed E-state index contributed by atoms with van der Waals surface area (Å²) in [5.74, 6) is 0.323. The summed E-state index contributed by atoms with van der Waals surface area (Å²) in [6.45, 7) is 2.18. The van der Waals surface area contributed by atoms with E-state index < -0.39 is 0 Å². The largest absolute Gasteiger partial charge is 0.508 e. The van der Waals surface area contributed by atoms with Crippen LogP contribution in [0.4, 0.5) is 5.69 Å². The van der Waals surface area contributed by atoms with Crippen molar-refractivity contribution in [3.05, 3.63) is 58.6 Å². The fourth-order valence-corrected chi connectivity index (χ4v) is 2.38. The maximum Gasteiger partial charge on any atom is 0.115 e. The molecule has 2 aromatic carbocycles. The average Bonchev–Trinajstić information content (AvgIpc) is 2.38. The smallest absolute Gasteiger partial charge is 0.115 e. The van der Waals surface area contributed by atoms with E-state index in [9.17, 15) is 5.11 Å². The van der Waals surface area contributed by atoms with Crippen LogP contribution in [-0.2, 0) is 6.42 Å². The van der Waals surface area contributed by atoms with Gasteiger partial charge in [0.15, 0.2) is 0 Å². The number of nitrogens with one attached hydrogen (secondary N) is 1. The molecule has 0 saturated carbocycles. The number of halogens is 1. The van der Waals surface area contributed by atoms with E-state index in [1.807, 2.05) is 24.3 Å². The molecule has 3 heteroatoms. The van der Waals surface area contributed by atoms with Crippen molar-refractivity contribution in [1.29, 1.82) is 0 Å². The molecule has 2 aromatic rings. The Hall–Kier alpha value is -1.48. The number of rotatable bonds is 5. The number of phenolic OH excluding ortho intramolecular Hbond substituents is 1. The Balaban J connectivity index is 1.84. The Morgan fingerprint density at radius 1 is 1.16 bits per heavy atom. The molecule has 0 fully saturated rings. The lowest BCUT2D eigenvalue weighted by Crippen LogP contribution is -2.15. The lowest BCUT2D eigenvalue weighted by molar-refractivity contribution is 0.475. The zero-order valence-electron chi connectivity index (χ0n) is 10.9. The van der Waals surface area contributed by atoms with Gasteiger partial charge in [-0.15, -0.1) is 0 Å². The lowest BCUT2D eigenvalue weighted by atomic mass is 10.1. The molecule has 1 unspecified atom stereocenters. The van der Waals surface area contributed by atoms with Crippen LogP contribution in [0.2, 0.25) is 0 Å². The van der Waals surface area contributed by atoms with E-state index in [0.717, 1.165) is 23.0 Å². The summed E-state index contributed by atoms with van der Waals surface area (Å²) < 4.78 is 1.09. The van der Waals surface area contributed by atoms with Gasteiger partial charge in [-0.2, -0.15) is 0 Å². The summed E-state index contributed by atoms with van der Waals surface area (Å²) in [7, 11) is 0. The number of aryl methyl sites for hydroxylation is 1. The lowest BCUT2D eigenvalue weighted by Gasteiger charge is -2.15. The van der Waals surface area contributed by atoms with E-state index >= 15 is 0 Å². The van der Waals surface area contributed by atoms with Gasteiger partial charge in [-0.1, -0.05) is 34.1 Å². The molecule has 0 bridgehead atoms. The third-order valence-corrected chi connectivity index (χ3v) is 3.53. The number of hydrogen-bond donors (Lipinski definition) is 2. The van der Waals surface area contributed by atoms with Gasteiger partial charge in [0.1, 0.15) is 5.75 Å². The molecule has 19 heavy (non-hydrogen) atoms. The molecule has 1 atom stereocenters. The SMILES string of the molecule is CC(CCc1ccc(O)cc1)Nc1cccc(Br)c1. The topological polar surface area (TPSA) is 32.3 Å². The van der Waals surface area contributed by atoms with Gasteiger partial charge in [0, 0.05) is 16.2 Å². The van der Waals surface area contributed by atoms with Crippen molar-refractivity contribution in [3.8, 4) is 5.75 Å². The van der Waals surface area contributed by atoms with Crippen molar-refractivity contribution in [2.24, 2.45) is 0 Å². The van der Waals surface area contributed by atoms with Crippen LogP contribution in [0.3, 0.4) is 0 Å². The van der Waals surface area contributed by atoms with Crippen LogP contribution in [0.5, 0.6) is 5.75 Å². The minimum Gasteiger partial charge on any atom is -0.508 e. The van der Waals surface area contributed by atoms with Gasteiger partial charge in [0.25, 0.3) is 0 Å². The summed E-state index contributed by atoms with van der Waals surface area (Å²) >= 11 is 3.47. The second-order valence-corrected chi connectivity index (χ2v) is 5.68. The van der Waals surface area contributed by atoms with E-state index in [4.69, 9.17) is 0 Å². The van der Waals surface area contributed by atoms with E-state index in [0.29, 0.717) is 11.8 Å². The number of aromatic hydroxyl groups is 1. The molecule has 100 valence electrons. The predicted molar refractivity (Wildman–Crippen MR) is 83.7 cm³/mol. The molecular formula is C16H18BrNO. The third kappa shape index (κ3) is 4.60. The zero-order chi connectivity index (χ0) is 13.7. The highest BCUT2D eigenvalue weighted by Crippen LogP contribution is 2.18. The van der Waals surface area contributed by atoms with Crippen LogP contribution in [0, 0.1) is 0 Å². The summed E-state index contributed by atoms with van der Waals surface area (Å²) in [5.41, 5.74) is 2.38. The molecule has 0 aliphatic rings. The Labute approximate surface area is 122 Å². The molecule has 0 aromatic heterocycles. The highest BCUT2D eigenvalue weighted by molar-refractivity contribution is 9.10. The molecule has 0 aliphatic carbocycles. The van der Waals surface area contributed by atoms with E-state index in [1.165, 1.54) is 5.56 Å². The first-order chi connectivity index (χ1) is 9.13. The molecule has 0 saturated heterocycles. The predicted octanol–water partition coefficient (Wildman–Crippen LogP) is 4.59. The maximum absolute atomic E-state index is 9.24. The van der Waals surface area contributed by atoms with Gasteiger partial charge >= 0.3 is 0 Å². The monoisotopic (exact) mass is 319 g/mol. The molecule has 0 spiro atoms. The van der Waals surface area contributed by atoms with Gasteiger partial charge in [-0.05, 0) is 55.7 Å². The second-order valence-electron chi connectivity index (χ2n) is 4.76. The highest BCUT2D eigenvalue weighted by Gasteiger charge is 2.03. The van der Waals surface area contributed by atoms with Crippen LogP contribution in [-0.4, -0.2) is 11.1 Å². The number of hydrogen-bond acceptors (Lipinski definition) is 2.